The minimum Gasteiger partial charge on any atom is -0.507 e. The molecular formula is C28H34N2O7. The third-order valence-electron chi connectivity index (χ3n) is 6.94. The van der Waals surface area contributed by atoms with Gasteiger partial charge in [0.25, 0.3) is 11.7 Å². The van der Waals surface area contributed by atoms with Crippen molar-refractivity contribution in [2.45, 2.75) is 19.4 Å². The number of Topliss-reactive ketones (excluding diaryl/α,β-unsaturated/α-hetero) is 1. The number of aliphatic hydroxyl groups excluding tert-OH is 1. The number of hydrogen-bond acceptors (Lipinski definition) is 8. The van der Waals surface area contributed by atoms with E-state index in [1.165, 1.54) is 12.0 Å². The molecule has 0 bridgehead atoms. The van der Waals surface area contributed by atoms with Gasteiger partial charge in [0.1, 0.15) is 23.0 Å². The highest BCUT2D eigenvalue weighted by Crippen LogP contribution is 2.44. The number of hydrogen-bond donors (Lipinski definition) is 1. The maximum Gasteiger partial charge on any atom is 0.295 e. The molecule has 0 spiro atoms. The molecule has 2 aromatic carbocycles. The summed E-state index contributed by atoms with van der Waals surface area (Å²) in [4.78, 5) is 30.6. The van der Waals surface area contributed by atoms with Crippen molar-refractivity contribution in [1.29, 1.82) is 0 Å². The molecule has 0 unspecified atom stereocenters. The first kappa shape index (κ1) is 26.5. The first-order valence-corrected chi connectivity index (χ1v) is 12.3. The van der Waals surface area contributed by atoms with Crippen molar-refractivity contribution in [2.75, 3.05) is 60.7 Å². The Balaban J connectivity index is 1.76. The van der Waals surface area contributed by atoms with Crippen LogP contribution in [0.15, 0.2) is 42.0 Å². The van der Waals surface area contributed by atoms with Crippen LogP contribution in [0.4, 0.5) is 0 Å². The molecule has 2 aliphatic rings. The number of ketones is 1. The topological polar surface area (TPSA) is 97.8 Å². The van der Waals surface area contributed by atoms with Gasteiger partial charge in [-0.15, -0.1) is 0 Å². The van der Waals surface area contributed by atoms with E-state index in [0.717, 1.165) is 25.2 Å². The molecule has 0 aromatic heterocycles. The molecule has 2 aromatic rings. The average molecular weight is 511 g/mol. The first-order valence-electron chi connectivity index (χ1n) is 12.3. The normalized spacial score (nSPS) is 19.8. The zero-order chi connectivity index (χ0) is 26.5. The minimum atomic E-state index is -0.813. The molecule has 2 aliphatic heterocycles. The van der Waals surface area contributed by atoms with Crippen molar-refractivity contribution in [3.8, 4) is 17.2 Å². The van der Waals surface area contributed by atoms with Gasteiger partial charge >= 0.3 is 0 Å². The van der Waals surface area contributed by atoms with Crippen molar-refractivity contribution >= 4 is 17.4 Å². The Labute approximate surface area is 217 Å². The summed E-state index contributed by atoms with van der Waals surface area (Å²) in [7, 11) is 4.64. The SMILES string of the molecule is COc1ccc(/C(O)=C2\C(=O)C(=O)N(CCCN3CCOCC3)[C@@H]2c2ccc(OC)cc2OC)c(C)c1. The fourth-order valence-electron chi connectivity index (χ4n) is 4.94. The van der Waals surface area contributed by atoms with Crippen molar-refractivity contribution in [2.24, 2.45) is 0 Å². The molecule has 37 heavy (non-hydrogen) atoms. The van der Waals surface area contributed by atoms with Crippen LogP contribution in [0.1, 0.15) is 29.2 Å². The fourth-order valence-corrected chi connectivity index (χ4v) is 4.94. The summed E-state index contributed by atoms with van der Waals surface area (Å²) in [5.74, 6) is 0.0835. The van der Waals surface area contributed by atoms with Gasteiger partial charge in [-0.05, 0) is 49.2 Å². The summed E-state index contributed by atoms with van der Waals surface area (Å²) < 4.78 is 21.7. The second-order valence-electron chi connectivity index (χ2n) is 9.09. The minimum absolute atomic E-state index is 0.0353. The number of amides is 1. The van der Waals surface area contributed by atoms with Gasteiger partial charge in [-0.25, -0.2) is 0 Å². The van der Waals surface area contributed by atoms with Crippen LogP contribution in [0.2, 0.25) is 0 Å². The van der Waals surface area contributed by atoms with Gasteiger partial charge in [0.2, 0.25) is 0 Å². The predicted octanol–water partition coefficient (Wildman–Crippen LogP) is 3.16. The maximum atomic E-state index is 13.4. The number of ether oxygens (including phenoxy) is 4. The molecule has 1 N–H and O–H groups in total. The Kier molecular flexibility index (Phi) is 8.35. The van der Waals surface area contributed by atoms with E-state index in [0.29, 0.717) is 54.6 Å². The van der Waals surface area contributed by atoms with Gasteiger partial charge in [0, 0.05) is 43.4 Å². The zero-order valence-corrected chi connectivity index (χ0v) is 21.8. The van der Waals surface area contributed by atoms with E-state index in [9.17, 15) is 14.7 Å². The van der Waals surface area contributed by atoms with E-state index in [1.807, 2.05) is 6.92 Å². The molecule has 0 radical (unpaired) electrons. The third-order valence-corrected chi connectivity index (χ3v) is 6.94. The number of carbonyl (C=O) groups is 2. The molecule has 2 saturated heterocycles. The number of benzene rings is 2. The van der Waals surface area contributed by atoms with Crippen LogP contribution in [0.3, 0.4) is 0 Å². The van der Waals surface area contributed by atoms with Gasteiger partial charge < -0.3 is 29.0 Å². The van der Waals surface area contributed by atoms with E-state index < -0.39 is 17.7 Å². The average Bonchev–Trinajstić information content (AvgIpc) is 3.17. The van der Waals surface area contributed by atoms with E-state index in [4.69, 9.17) is 18.9 Å². The highest BCUT2D eigenvalue weighted by atomic mass is 16.5. The number of likely N-dealkylation sites (tertiary alicyclic amines) is 1. The number of carbonyl (C=O) groups excluding carboxylic acids is 2. The largest absolute Gasteiger partial charge is 0.507 e. The Morgan fingerprint density at radius 2 is 1.65 bits per heavy atom. The lowest BCUT2D eigenvalue weighted by molar-refractivity contribution is -0.140. The molecule has 1 atom stereocenters. The number of morpholine rings is 1. The van der Waals surface area contributed by atoms with Crippen molar-refractivity contribution in [3.05, 3.63) is 58.7 Å². The Bertz CT molecular complexity index is 1190. The Morgan fingerprint density at radius 3 is 2.30 bits per heavy atom. The highest BCUT2D eigenvalue weighted by molar-refractivity contribution is 6.46. The zero-order valence-electron chi connectivity index (χ0n) is 21.8. The lowest BCUT2D eigenvalue weighted by atomic mass is 9.93. The number of aryl methyl sites for hydroxylation is 1. The molecule has 9 heteroatoms. The number of rotatable bonds is 9. The molecule has 1 amide bonds. The summed E-state index contributed by atoms with van der Waals surface area (Å²) in [5.41, 5.74) is 1.81. The number of methoxy groups -OCH3 is 3. The van der Waals surface area contributed by atoms with Crippen LogP contribution in [0.5, 0.6) is 17.2 Å². The lowest BCUT2D eigenvalue weighted by Crippen LogP contribution is -2.39. The molecule has 0 saturated carbocycles. The lowest BCUT2D eigenvalue weighted by Gasteiger charge is -2.29. The smallest absolute Gasteiger partial charge is 0.295 e. The summed E-state index contributed by atoms with van der Waals surface area (Å²) in [6, 6.07) is 9.60. The van der Waals surface area contributed by atoms with E-state index in [-0.39, 0.29) is 11.3 Å². The van der Waals surface area contributed by atoms with E-state index >= 15 is 0 Å². The summed E-state index contributed by atoms with van der Waals surface area (Å²) >= 11 is 0. The summed E-state index contributed by atoms with van der Waals surface area (Å²) in [5, 5.41) is 11.4. The summed E-state index contributed by atoms with van der Waals surface area (Å²) in [6.45, 7) is 6.00. The van der Waals surface area contributed by atoms with Crippen molar-refractivity contribution in [3.63, 3.8) is 0 Å². The van der Waals surface area contributed by atoms with Gasteiger partial charge in [0.15, 0.2) is 0 Å². The molecule has 2 fully saturated rings. The number of nitrogens with zero attached hydrogens (tertiary/aromatic N) is 2. The quantitative estimate of drug-likeness (QED) is 0.312. The second kappa shape index (κ2) is 11.7. The molecule has 0 aliphatic carbocycles. The first-order chi connectivity index (χ1) is 17.9. The Morgan fingerprint density at radius 1 is 0.973 bits per heavy atom. The highest BCUT2D eigenvalue weighted by Gasteiger charge is 2.47. The van der Waals surface area contributed by atoms with Crippen LogP contribution in [-0.2, 0) is 14.3 Å². The van der Waals surface area contributed by atoms with Crippen molar-refractivity contribution in [1.82, 2.24) is 9.80 Å². The van der Waals surface area contributed by atoms with Crippen LogP contribution in [0.25, 0.3) is 5.76 Å². The van der Waals surface area contributed by atoms with E-state index in [2.05, 4.69) is 4.90 Å². The summed E-state index contributed by atoms with van der Waals surface area (Å²) in [6.07, 6.45) is 0.670. The van der Waals surface area contributed by atoms with Gasteiger partial charge in [-0.1, -0.05) is 0 Å². The van der Waals surface area contributed by atoms with E-state index in [1.54, 1.807) is 50.6 Å². The Hall–Kier alpha value is -3.56. The fraction of sp³-hybridized carbons (Fsp3) is 0.429. The van der Waals surface area contributed by atoms with Gasteiger partial charge in [0.05, 0.1) is 46.2 Å². The second-order valence-corrected chi connectivity index (χ2v) is 9.09. The molecular weight excluding hydrogens is 476 g/mol. The van der Waals surface area contributed by atoms with Crippen molar-refractivity contribution < 1.29 is 33.6 Å². The van der Waals surface area contributed by atoms with Crippen LogP contribution in [-0.4, -0.2) is 87.3 Å². The maximum absolute atomic E-state index is 13.4. The van der Waals surface area contributed by atoms with Gasteiger partial charge in [-0.3, -0.25) is 14.5 Å². The molecule has 198 valence electrons. The molecule has 2 heterocycles. The molecule has 4 rings (SSSR count). The predicted molar refractivity (Wildman–Crippen MR) is 138 cm³/mol. The van der Waals surface area contributed by atoms with Gasteiger partial charge in [-0.2, -0.15) is 0 Å². The van der Waals surface area contributed by atoms with Crippen LogP contribution in [0, 0.1) is 6.92 Å². The van der Waals surface area contributed by atoms with Crippen LogP contribution < -0.4 is 14.2 Å². The van der Waals surface area contributed by atoms with Crippen LogP contribution >= 0.6 is 0 Å². The monoisotopic (exact) mass is 510 g/mol. The third kappa shape index (κ3) is 5.42. The number of aliphatic hydroxyl groups is 1. The standard InChI is InChI=1S/C28H34N2O7/c1-18-16-19(34-2)6-8-21(18)26(31)24-25(22-9-7-20(35-3)17-23(22)36-4)30(28(33)27(24)32)11-5-10-29-12-14-37-15-13-29/h6-9,16-17,25,31H,5,10-15H2,1-4H3/b26-24+/t25-/m1/s1. The molecule has 9 nitrogen and oxygen atoms in total.